The van der Waals surface area contributed by atoms with Crippen LogP contribution in [0.4, 0.5) is 0 Å². The molecule has 0 aliphatic heterocycles. The molecule has 1 rings (SSSR count). The summed E-state index contributed by atoms with van der Waals surface area (Å²) >= 11 is 0. The smallest absolute Gasteiger partial charge is 0.253 e. The van der Waals surface area contributed by atoms with Crippen molar-refractivity contribution in [2.45, 2.75) is 6.54 Å². The van der Waals surface area contributed by atoms with Crippen LogP contribution in [-0.4, -0.2) is 66.3 Å². The van der Waals surface area contributed by atoms with Gasteiger partial charge in [0, 0.05) is 39.3 Å². The highest BCUT2D eigenvalue weighted by Crippen LogP contribution is 2.09. The Morgan fingerprint density at radius 1 is 1.05 bits per heavy atom. The van der Waals surface area contributed by atoms with Crippen molar-refractivity contribution in [3.63, 3.8) is 0 Å². The number of nitrogens with zero attached hydrogens (tertiary/aromatic N) is 2. The molecule has 0 spiro atoms. The van der Waals surface area contributed by atoms with Crippen LogP contribution < -0.4 is 0 Å². The highest BCUT2D eigenvalue weighted by molar-refractivity contribution is 5.93. The Balaban J connectivity index is 2.67. The fourth-order valence-electron chi connectivity index (χ4n) is 1.82. The first-order chi connectivity index (χ1) is 9.08. The van der Waals surface area contributed by atoms with E-state index in [1.165, 1.54) is 0 Å². The number of aliphatic hydroxyl groups is 2. The first-order valence-electron chi connectivity index (χ1n) is 6.33. The van der Waals surface area contributed by atoms with Gasteiger partial charge in [0.1, 0.15) is 0 Å². The van der Waals surface area contributed by atoms with E-state index in [4.69, 9.17) is 10.2 Å². The Bertz CT molecular complexity index is 384. The van der Waals surface area contributed by atoms with E-state index in [2.05, 4.69) is 0 Å². The zero-order valence-electron chi connectivity index (χ0n) is 11.5. The molecule has 0 fully saturated rings. The van der Waals surface area contributed by atoms with E-state index in [-0.39, 0.29) is 19.1 Å². The number of amides is 1. The van der Waals surface area contributed by atoms with Gasteiger partial charge in [-0.3, -0.25) is 9.69 Å². The molecule has 5 heteroatoms. The SMILES string of the molecule is CN(C)C(=O)c1ccc(CN(CCO)CCO)cc1. The van der Waals surface area contributed by atoms with Gasteiger partial charge >= 0.3 is 0 Å². The molecule has 0 aromatic heterocycles. The van der Waals surface area contributed by atoms with Crippen molar-refractivity contribution in [3.05, 3.63) is 35.4 Å². The summed E-state index contributed by atoms with van der Waals surface area (Å²) < 4.78 is 0. The van der Waals surface area contributed by atoms with Gasteiger partial charge in [0.05, 0.1) is 13.2 Å². The quantitative estimate of drug-likeness (QED) is 0.739. The second-order valence-corrected chi connectivity index (χ2v) is 4.62. The van der Waals surface area contributed by atoms with Crippen molar-refractivity contribution in [3.8, 4) is 0 Å². The van der Waals surface area contributed by atoms with Gasteiger partial charge in [-0.15, -0.1) is 0 Å². The number of hydrogen-bond donors (Lipinski definition) is 2. The number of hydrogen-bond acceptors (Lipinski definition) is 4. The van der Waals surface area contributed by atoms with E-state index in [9.17, 15) is 4.79 Å². The first-order valence-corrected chi connectivity index (χ1v) is 6.33. The van der Waals surface area contributed by atoms with Crippen molar-refractivity contribution in [1.29, 1.82) is 0 Å². The topological polar surface area (TPSA) is 64.0 Å². The standard InChI is InChI=1S/C14H22N2O3/c1-15(2)14(19)13-5-3-12(4-6-13)11-16(7-9-17)8-10-18/h3-6,17-18H,7-11H2,1-2H3. The van der Waals surface area contributed by atoms with Crippen molar-refractivity contribution in [1.82, 2.24) is 9.80 Å². The Hall–Kier alpha value is -1.43. The molecule has 0 aliphatic carbocycles. The van der Waals surface area contributed by atoms with Crippen LogP contribution in [-0.2, 0) is 6.54 Å². The van der Waals surface area contributed by atoms with E-state index < -0.39 is 0 Å². The molecule has 5 nitrogen and oxygen atoms in total. The fraction of sp³-hybridized carbons (Fsp3) is 0.500. The molecule has 0 bridgehead atoms. The van der Waals surface area contributed by atoms with Crippen LogP contribution >= 0.6 is 0 Å². The summed E-state index contributed by atoms with van der Waals surface area (Å²) in [6, 6.07) is 7.40. The number of carbonyl (C=O) groups is 1. The minimum Gasteiger partial charge on any atom is -0.395 e. The lowest BCUT2D eigenvalue weighted by molar-refractivity contribution is 0.0827. The van der Waals surface area contributed by atoms with E-state index in [1.54, 1.807) is 31.1 Å². The zero-order chi connectivity index (χ0) is 14.3. The Labute approximate surface area is 114 Å². The van der Waals surface area contributed by atoms with Crippen LogP contribution in [0.15, 0.2) is 24.3 Å². The molecule has 2 N–H and O–H groups in total. The molecule has 0 radical (unpaired) electrons. The molecule has 1 aromatic carbocycles. The number of aliphatic hydroxyl groups excluding tert-OH is 2. The minimum atomic E-state index is -0.0193. The molecule has 1 aromatic rings. The lowest BCUT2D eigenvalue weighted by atomic mass is 10.1. The van der Waals surface area contributed by atoms with Crippen LogP contribution in [0.5, 0.6) is 0 Å². The second kappa shape index (κ2) is 7.89. The van der Waals surface area contributed by atoms with E-state index in [0.29, 0.717) is 25.2 Å². The van der Waals surface area contributed by atoms with Gasteiger partial charge in [-0.2, -0.15) is 0 Å². The minimum absolute atomic E-state index is 0.0193. The maximum atomic E-state index is 11.7. The van der Waals surface area contributed by atoms with Crippen LogP contribution in [0, 0.1) is 0 Å². The molecule has 1 amide bonds. The fourth-order valence-corrected chi connectivity index (χ4v) is 1.82. The molecular weight excluding hydrogens is 244 g/mol. The summed E-state index contributed by atoms with van der Waals surface area (Å²) in [5.41, 5.74) is 1.71. The van der Waals surface area contributed by atoms with E-state index in [1.807, 2.05) is 17.0 Å². The van der Waals surface area contributed by atoms with Crippen molar-refractivity contribution in [2.24, 2.45) is 0 Å². The van der Waals surface area contributed by atoms with Crippen LogP contribution in [0.3, 0.4) is 0 Å². The highest BCUT2D eigenvalue weighted by atomic mass is 16.3. The molecule has 0 saturated carbocycles. The van der Waals surface area contributed by atoms with Gasteiger partial charge in [-0.05, 0) is 17.7 Å². The van der Waals surface area contributed by atoms with Gasteiger partial charge in [0.2, 0.25) is 0 Å². The summed E-state index contributed by atoms with van der Waals surface area (Å²) in [7, 11) is 3.45. The van der Waals surface area contributed by atoms with Crippen LogP contribution in [0.25, 0.3) is 0 Å². The molecule has 0 unspecified atom stereocenters. The molecule has 0 saturated heterocycles. The van der Waals surface area contributed by atoms with Crippen molar-refractivity contribution in [2.75, 3.05) is 40.4 Å². The summed E-state index contributed by atoms with van der Waals surface area (Å²) in [6.07, 6.45) is 0. The normalized spacial score (nSPS) is 10.8. The molecular formula is C14H22N2O3. The number of benzene rings is 1. The summed E-state index contributed by atoms with van der Waals surface area (Å²) in [5, 5.41) is 17.9. The third-order valence-electron chi connectivity index (χ3n) is 2.85. The highest BCUT2D eigenvalue weighted by Gasteiger charge is 2.09. The third-order valence-corrected chi connectivity index (χ3v) is 2.85. The Morgan fingerprint density at radius 2 is 1.58 bits per heavy atom. The maximum absolute atomic E-state index is 11.7. The number of carbonyl (C=O) groups excluding carboxylic acids is 1. The van der Waals surface area contributed by atoms with E-state index >= 15 is 0 Å². The molecule has 0 aliphatic rings. The zero-order valence-corrected chi connectivity index (χ0v) is 11.5. The van der Waals surface area contributed by atoms with Crippen molar-refractivity contribution < 1.29 is 15.0 Å². The van der Waals surface area contributed by atoms with Gasteiger partial charge in [-0.25, -0.2) is 0 Å². The van der Waals surface area contributed by atoms with Crippen LogP contribution in [0.2, 0.25) is 0 Å². The molecule has 19 heavy (non-hydrogen) atoms. The first kappa shape index (κ1) is 15.6. The Kier molecular flexibility index (Phi) is 6.49. The molecule has 0 atom stereocenters. The average Bonchev–Trinajstić information content (AvgIpc) is 2.39. The second-order valence-electron chi connectivity index (χ2n) is 4.62. The van der Waals surface area contributed by atoms with Gasteiger partial charge in [-0.1, -0.05) is 12.1 Å². The molecule has 0 heterocycles. The van der Waals surface area contributed by atoms with Gasteiger partial charge in [0.15, 0.2) is 0 Å². The summed E-state index contributed by atoms with van der Waals surface area (Å²) in [4.78, 5) is 15.2. The molecule has 106 valence electrons. The predicted molar refractivity (Wildman–Crippen MR) is 73.9 cm³/mol. The third kappa shape index (κ3) is 4.98. The Morgan fingerprint density at radius 3 is 2.00 bits per heavy atom. The van der Waals surface area contributed by atoms with Gasteiger partial charge < -0.3 is 15.1 Å². The summed E-state index contributed by atoms with van der Waals surface area (Å²) in [5.74, 6) is -0.0193. The predicted octanol–water partition coefficient (Wildman–Crippen LogP) is 0.175. The summed E-state index contributed by atoms with van der Waals surface area (Å²) in [6.45, 7) is 1.84. The number of rotatable bonds is 7. The lowest BCUT2D eigenvalue weighted by Gasteiger charge is -2.20. The van der Waals surface area contributed by atoms with E-state index in [0.717, 1.165) is 5.56 Å². The average molecular weight is 266 g/mol. The van der Waals surface area contributed by atoms with Crippen LogP contribution in [0.1, 0.15) is 15.9 Å². The lowest BCUT2D eigenvalue weighted by Crippen LogP contribution is -2.29. The monoisotopic (exact) mass is 266 g/mol. The largest absolute Gasteiger partial charge is 0.395 e. The maximum Gasteiger partial charge on any atom is 0.253 e. The van der Waals surface area contributed by atoms with Crippen molar-refractivity contribution >= 4 is 5.91 Å². The van der Waals surface area contributed by atoms with Gasteiger partial charge in [0.25, 0.3) is 5.91 Å².